The Morgan fingerprint density at radius 2 is 1.90 bits per heavy atom. The molecular weight excluding hydrogens is 480 g/mol. The molecule has 2 aromatic carbocycles. The summed E-state index contributed by atoms with van der Waals surface area (Å²) < 4.78 is 14.6. The number of carbonyl (C=O) groups excluding carboxylic acids is 1. The largest absolute Gasteiger partial charge is 0.455 e. The second kappa shape index (κ2) is 9.98. The van der Waals surface area contributed by atoms with Gasteiger partial charge in [-0.3, -0.25) is 9.78 Å². The summed E-state index contributed by atoms with van der Waals surface area (Å²) in [7, 11) is 0. The summed E-state index contributed by atoms with van der Waals surface area (Å²) in [6.45, 7) is 3.41. The Bertz CT molecular complexity index is 1020. The fourth-order valence-electron chi connectivity index (χ4n) is 2.28. The molecule has 0 fully saturated rings. The van der Waals surface area contributed by atoms with Gasteiger partial charge in [0.2, 0.25) is 0 Å². The Balaban J connectivity index is 1.56. The number of rotatable bonds is 8. The highest BCUT2D eigenvalue weighted by Gasteiger charge is 2.11. The Hall–Kier alpha value is -2.26. The second-order valence-corrected chi connectivity index (χ2v) is 7.76. The van der Waals surface area contributed by atoms with Crippen molar-refractivity contribution < 1.29 is 18.8 Å². The van der Waals surface area contributed by atoms with E-state index in [1.54, 1.807) is 48.7 Å². The van der Waals surface area contributed by atoms with Crippen molar-refractivity contribution in [3.8, 4) is 17.2 Å². The van der Waals surface area contributed by atoms with Crippen LogP contribution >= 0.6 is 39.8 Å². The van der Waals surface area contributed by atoms with E-state index in [0.717, 1.165) is 23.5 Å². The Labute approximate surface area is 185 Å². The lowest BCUT2D eigenvalue weighted by molar-refractivity contribution is -0.0779. The van der Waals surface area contributed by atoms with Crippen LogP contribution < -0.4 is 14.3 Å². The van der Waals surface area contributed by atoms with Gasteiger partial charge in [0.15, 0.2) is 23.8 Å². The van der Waals surface area contributed by atoms with Crippen LogP contribution in [0.15, 0.2) is 59.3 Å². The highest BCUT2D eigenvalue weighted by molar-refractivity contribution is 9.10. The Kier molecular flexibility index (Phi) is 7.38. The molecule has 0 aliphatic carbocycles. The molecule has 0 amide bonds. The molecule has 0 unspecified atom stereocenters. The summed E-state index contributed by atoms with van der Waals surface area (Å²) in [6.07, 6.45) is 3.12. The third-order valence-electron chi connectivity index (χ3n) is 3.75. The monoisotopic (exact) mass is 494 g/mol. The van der Waals surface area contributed by atoms with Crippen LogP contribution in [0.5, 0.6) is 17.2 Å². The van der Waals surface area contributed by atoms with Crippen molar-refractivity contribution in [3.63, 3.8) is 0 Å². The fraction of sp³-hybridized carbons (Fsp3) is 0.100. The number of aryl methyl sites for hydroxylation is 1. The minimum absolute atomic E-state index is 0.0167. The van der Waals surface area contributed by atoms with Crippen LogP contribution in [0.2, 0.25) is 5.02 Å². The number of nitrogens with one attached hydrogen (secondary N) is 1. The van der Waals surface area contributed by atoms with Crippen molar-refractivity contribution in [1.29, 1.82) is 0 Å². The Morgan fingerprint density at radius 1 is 1.14 bits per heavy atom. The van der Waals surface area contributed by atoms with E-state index < -0.39 is 0 Å². The summed E-state index contributed by atoms with van der Waals surface area (Å²) in [5.74, 6) is 1.67. The zero-order chi connectivity index (χ0) is 20.8. The maximum atomic E-state index is 11.3. The van der Waals surface area contributed by atoms with E-state index >= 15 is 0 Å². The minimum Gasteiger partial charge on any atom is -0.455 e. The predicted octanol–water partition coefficient (Wildman–Crippen LogP) is 6.79. The van der Waals surface area contributed by atoms with Gasteiger partial charge in [-0.25, -0.2) is 0 Å². The first-order chi connectivity index (χ1) is 13.9. The number of pyridine rings is 1. The van der Waals surface area contributed by atoms with Gasteiger partial charge in [0.1, 0.15) is 11.5 Å². The lowest BCUT2D eigenvalue weighted by atomic mass is 10.1. The van der Waals surface area contributed by atoms with Gasteiger partial charge in [-0.15, -0.1) is 0 Å². The second-order valence-electron chi connectivity index (χ2n) is 5.96. The van der Waals surface area contributed by atoms with Gasteiger partial charge in [0.25, 0.3) is 0 Å². The van der Waals surface area contributed by atoms with Crippen LogP contribution in [0.25, 0.3) is 0 Å². The molecule has 0 bridgehead atoms. The molecular formula is C20H16BrClN2O4S. The molecule has 0 aliphatic rings. The molecule has 150 valence electrons. The van der Waals surface area contributed by atoms with Gasteiger partial charge >= 0.3 is 0 Å². The summed E-state index contributed by atoms with van der Waals surface area (Å²) >= 11 is 10.3. The number of ether oxygens (including phenoxy) is 1. The number of Topliss-reactive ketones (excluding diaryl/α,β-unsaturated/α-hetero) is 1. The first-order valence-corrected chi connectivity index (χ1v) is 10.3. The molecule has 3 rings (SSSR count). The van der Waals surface area contributed by atoms with Crippen molar-refractivity contribution in [2.45, 2.75) is 13.8 Å². The average Bonchev–Trinajstić information content (AvgIpc) is 2.69. The number of hydrogen-bond donors (Lipinski definition) is 1. The van der Waals surface area contributed by atoms with Crippen LogP contribution in [0.3, 0.4) is 0 Å². The lowest BCUT2D eigenvalue weighted by Crippen LogP contribution is -1.97. The predicted molar refractivity (Wildman–Crippen MR) is 118 cm³/mol. The number of hydrogen-bond acceptors (Lipinski definition) is 7. The van der Waals surface area contributed by atoms with Gasteiger partial charge in [-0.05, 0) is 71.7 Å². The van der Waals surface area contributed by atoms with Crippen LogP contribution in [0, 0.1) is 6.92 Å². The first-order valence-electron chi connectivity index (χ1n) is 8.38. The standard InChI is InChI=1S/C20H16BrClN2O4S/c1-12-7-20(18(21)9-19(12)26-17-8-15(22)10-23-11-17)27-28-29-24-16-5-3-14(4-6-16)13(2)25/h3-11,24H,1-2H3. The molecule has 9 heteroatoms. The molecule has 1 N–H and O–H groups in total. The lowest BCUT2D eigenvalue weighted by Gasteiger charge is -2.12. The topological polar surface area (TPSA) is 69.7 Å². The van der Waals surface area contributed by atoms with Crippen molar-refractivity contribution >= 4 is 51.2 Å². The third kappa shape index (κ3) is 6.11. The quantitative estimate of drug-likeness (QED) is 0.0921. The van der Waals surface area contributed by atoms with Crippen molar-refractivity contribution in [3.05, 3.63) is 75.5 Å². The third-order valence-corrected chi connectivity index (χ3v) is 5.03. The molecule has 0 atom stereocenters. The smallest absolute Gasteiger partial charge is 0.181 e. The molecule has 0 spiro atoms. The van der Waals surface area contributed by atoms with E-state index in [9.17, 15) is 4.79 Å². The summed E-state index contributed by atoms with van der Waals surface area (Å²) in [5, 5.41) is 0.494. The number of halogens is 2. The number of benzene rings is 2. The van der Waals surface area contributed by atoms with Gasteiger partial charge in [-0.2, -0.15) is 0 Å². The number of anilines is 1. The number of carbonyl (C=O) groups is 1. The van der Waals surface area contributed by atoms with Crippen LogP contribution in [0.4, 0.5) is 5.69 Å². The zero-order valence-electron chi connectivity index (χ0n) is 15.4. The highest BCUT2D eigenvalue weighted by Crippen LogP contribution is 2.35. The van der Waals surface area contributed by atoms with Gasteiger partial charge < -0.3 is 14.3 Å². The van der Waals surface area contributed by atoms with Gasteiger partial charge in [0.05, 0.1) is 15.7 Å². The van der Waals surface area contributed by atoms with Crippen LogP contribution in [-0.4, -0.2) is 10.8 Å². The molecule has 29 heavy (non-hydrogen) atoms. The summed E-state index contributed by atoms with van der Waals surface area (Å²) in [6, 6.07) is 12.3. The minimum atomic E-state index is 0.0167. The average molecular weight is 496 g/mol. The van der Waals surface area contributed by atoms with Crippen molar-refractivity contribution in [1.82, 2.24) is 4.98 Å². The molecule has 1 aromatic heterocycles. The number of aromatic nitrogens is 1. The first kappa shape index (κ1) is 21.4. The SMILES string of the molecule is CC(=O)c1ccc(NSOOc2cc(C)c(Oc3cncc(Cl)c3)cc2Br)cc1. The maximum Gasteiger partial charge on any atom is 0.181 e. The summed E-state index contributed by atoms with van der Waals surface area (Å²) in [4.78, 5) is 20.6. The molecule has 0 saturated carbocycles. The van der Waals surface area contributed by atoms with E-state index in [-0.39, 0.29) is 5.78 Å². The van der Waals surface area contributed by atoms with Crippen molar-refractivity contribution in [2.24, 2.45) is 0 Å². The van der Waals surface area contributed by atoms with E-state index in [2.05, 4.69) is 25.6 Å². The van der Waals surface area contributed by atoms with E-state index in [1.165, 1.54) is 13.1 Å². The van der Waals surface area contributed by atoms with E-state index in [1.807, 2.05) is 6.92 Å². The number of ketones is 1. The maximum absolute atomic E-state index is 11.3. The number of nitrogens with zero attached hydrogens (tertiary/aromatic N) is 1. The van der Waals surface area contributed by atoms with Crippen LogP contribution in [-0.2, 0) is 4.33 Å². The molecule has 1 heterocycles. The summed E-state index contributed by atoms with van der Waals surface area (Å²) in [5.41, 5.74) is 2.26. The normalized spacial score (nSPS) is 10.5. The van der Waals surface area contributed by atoms with E-state index in [0.29, 0.717) is 32.3 Å². The Morgan fingerprint density at radius 3 is 2.59 bits per heavy atom. The van der Waals surface area contributed by atoms with Crippen LogP contribution in [0.1, 0.15) is 22.8 Å². The molecule has 6 nitrogen and oxygen atoms in total. The van der Waals surface area contributed by atoms with E-state index in [4.69, 9.17) is 25.6 Å². The molecule has 0 radical (unpaired) electrons. The molecule has 3 aromatic rings. The fourth-order valence-corrected chi connectivity index (χ4v) is 3.20. The van der Waals surface area contributed by atoms with Gasteiger partial charge in [0, 0.05) is 23.5 Å². The molecule has 0 aliphatic heterocycles. The molecule has 0 saturated heterocycles. The van der Waals surface area contributed by atoms with Crippen molar-refractivity contribution in [2.75, 3.05) is 4.72 Å². The highest BCUT2D eigenvalue weighted by atomic mass is 79.9. The van der Waals surface area contributed by atoms with Gasteiger partial charge in [-0.1, -0.05) is 15.9 Å². The zero-order valence-corrected chi connectivity index (χ0v) is 18.6.